The molecule has 2 fully saturated rings. The highest BCUT2D eigenvalue weighted by atomic mass is 32.2. The molecule has 1 saturated heterocycles. The van der Waals surface area contributed by atoms with Gasteiger partial charge in [-0.05, 0) is 63.0 Å². The fraction of sp³-hybridized carbons (Fsp3) is 0.548. The number of carbonyl (C=O) groups is 3. The number of thioether (sulfide) groups is 2. The lowest BCUT2D eigenvalue weighted by Crippen LogP contribution is -2.55. The molecule has 2 N–H and O–H groups in total. The fourth-order valence-corrected chi connectivity index (χ4v) is 7.23. The lowest BCUT2D eigenvalue weighted by molar-refractivity contribution is -0.130. The van der Waals surface area contributed by atoms with E-state index in [1.54, 1.807) is 44.8 Å². The van der Waals surface area contributed by atoms with Gasteiger partial charge in [0.15, 0.2) is 0 Å². The van der Waals surface area contributed by atoms with Gasteiger partial charge in [0.1, 0.15) is 23.4 Å². The van der Waals surface area contributed by atoms with Crippen LogP contribution in [0.15, 0.2) is 48.7 Å². The van der Waals surface area contributed by atoms with Gasteiger partial charge in [0.2, 0.25) is 17.7 Å². The number of pyridine rings is 1. The molecule has 1 aromatic carbocycles. The monoisotopic (exact) mass is 614 g/mol. The van der Waals surface area contributed by atoms with Gasteiger partial charge in [-0.25, -0.2) is 9.78 Å². The predicted octanol–water partition coefficient (Wildman–Crippen LogP) is 5.60. The maximum absolute atomic E-state index is 13.4. The number of ether oxygens (including phenoxy) is 2. The van der Waals surface area contributed by atoms with Crippen LogP contribution in [0.3, 0.4) is 0 Å². The predicted molar refractivity (Wildman–Crippen MR) is 168 cm³/mol. The Hall–Kier alpha value is -2.92. The molecule has 42 heavy (non-hydrogen) atoms. The van der Waals surface area contributed by atoms with Crippen LogP contribution in [0.1, 0.15) is 58.4 Å². The highest BCUT2D eigenvalue weighted by Crippen LogP contribution is 2.27. The van der Waals surface area contributed by atoms with Gasteiger partial charge in [0.25, 0.3) is 0 Å². The average Bonchev–Trinajstić information content (AvgIpc) is 3.47. The van der Waals surface area contributed by atoms with Gasteiger partial charge in [-0.1, -0.05) is 43.5 Å². The summed E-state index contributed by atoms with van der Waals surface area (Å²) in [6.45, 7) is 5.66. The lowest BCUT2D eigenvalue weighted by atomic mass is 9.91. The van der Waals surface area contributed by atoms with Crippen molar-refractivity contribution >= 4 is 41.4 Å². The number of para-hydroxylation sites is 1. The van der Waals surface area contributed by atoms with E-state index in [1.165, 1.54) is 48.8 Å². The first-order chi connectivity index (χ1) is 20.2. The molecule has 0 radical (unpaired) electrons. The number of hydrogen-bond donors (Lipinski definition) is 2. The van der Waals surface area contributed by atoms with E-state index in [0.717, 1.165) is 11.3 Å². The summed E-state index contributed by atoms with van der Waals surface area (Å²) in [7, 11) is 0. The maximum Gasteiger partial charge on any atom is 0.411 e. The molecule has 9 nitrogen and oxygen atoms in total. The molecule has 0 bridgehead atoms. The van der Waals surface area contributed by atoms with Gasteiger partial charge >= 0.3 is 6.09 Å². The van der Waals surface area contributed by atoms with Gasteiger partial charge in [-0.3, -0.25) is 14.5 Å². The topological polar surface area (TPSA) is 110 Å². The van der Waals surface area contributed by atoms with Gasteiger partial charge in [0.05, 0.1) is 5.88 Å². The second-order valence-corrected chi connectivity index (χ2v) is 13.8. The molecular formula is C31H42N4O5S2. The van der Waals surface area contributed by atoms with Crippen LogP contribution >= 0.6 is 23.5 Å². The Morgan fingerprint density at radius 2 is 1.86 bits per heavy atom. The Labute approximate surface area is 257 Å². The summed E-state index contributed by atoms with van der Waals surface area (Å²) in [5, 5.41) is 5.91. The van der Waals surface area contributed by atoms with E-state index in [0.29, 0.717) is 34.9 Å². The molecule has 1 aliphatic carbocycles. The average molecular weight is 615 g/mol. The highest BCUT2D eigenvalue weighted by Gasteiger charge is 2.38. The zero-order chi connectivity index (χ0) is 30.0. The van der Waals surface area contributed by atoms with Crippen molar-refractivity contribution in [1.29, 1.82) is 0 Å². The molecule has 1 aliphatic heterocycles. The van der Waals surface area contributed by atoms with Gasteiger partial charge in [-0.2, -0.15) is 11.8 Å². The molecule has 4 rings (SSSR count). The highest BCUT2D eigenvalue weighted by molar-refractivity contribution is 7.99. The van der Waals surface area contributed by atoms with Crippen LogP contribution < -0.4 is 15.4 Å². The van der Waals surface area contributed by atoms with Crippen molar-refractivity contribution < 1.29 is 23.9 Å². The molecule has 1 saturated carbocycles. The molecule has 2 unspecified atom stereocenters. The standard InChI is InChI=1S/C31H42N4O5S2/c1-31(2,3)40-30(38)35-21-42-20-26(35)29(37)34-25(19-41-18-22-10-6-4-7-11-22)28(36)33-17-23-14-15-27(32-16-23)39-24-12-8-5-9-13-24/h5,8-9,12-16,22,25-26H,4,6-7,10-11,17-21H2,1-3H3,(H,33,36)(H,34,37). The van der Waals surface area contributed by atoms with Crippen LogP contribution in [0.25, 0.3) is 0 Å². The third-order valence-corrected chi connectivity index (χ3v) is 9.33. The maximum atomic E-state index is 13.4. The summed E-state index contributed by atoms with van der Waals surface area (Å²) in [5.41, 5.74) is 0.150. The fourth-order valence-electron chi connectivity index (χ4n) is 4.82. The summed E-state index contributed by atoms with van der Waals surface area (Å²) in [4.78, 5) is 45.3. The largest absolute Gasteiger partial charge is 0.444 e. The number of benzene rings is 1. The van der Waals surface area contributed by atoms with E-state index in [4.69, 9.17) is 9.47 Å². The summed E-state index contributed by atoms with van der Waals surface area (Å²) in [6, 6.07) is 11.6. The molecule has 0 spiro atoms. The zero-order valence-electron chi connectivity index (χ0n) is 24.7. The van der Waals surface area contributed by atoms with Crippen molar-refractivity contribution in [2.75, 3.05) is 23.1 Å². The van der Waals surface area contributed by atoms with Crippen molar-refractivity contribution in [3.05, 3.63) is 54.2 Å². The van der Waals surface area contributed by atoms with Gasteiger partial charge in [0, 0.05) is 30.3 Å². The minimum atomic E-state index is -0.731. The first-order valence-corrected chi connectivity index (χ1v) is 16.9. The van der Waals surface area contributed by atoms with Gasteiger partial charge < -0.3 is 20.1 Å². The normalized spacial score (nSPS) is 18.3. The second-order valence-electron chi connectivity index (χ2n) is 11.7. The van der Waals surface area contributed by atoms with E-state index >= 15 is 0 Å². The van der Waals surface area contributed by atoms with Crippen molar-refractivity contribution in [1.82, 2.24) is 20.5 Å². The minimum Gasteiger partial charge on any atom is -0.444 e. The van der Waals surface area contributed by atoms with Crippen LogP contribution in [0.4, 0.5) is 4.79 Å². The van der Waals surface area contributed by atoms with Crippen LogP contribution in [-0.2, 0) is 20.9 Å². The Bertz CT molecular complexity index is 1170. The summed E-state index contributed by atoms with van der Waals surface area (Å²) < 4.78 is 11.3. The molecule has 228 valence electrons. The van der Waals surface area contributed by atoms with E-state index < -0.39 is 23.8 Å². The van der Waals surface area contributed by atoms with Gasteiger partial charge in [-0.15, -0.1) is 11.8 Å². The van der Waals surface area contributed by atoms with Crippen molar-refractivity contribution in [2.24, 2.45) is 5.92 Å². The quantitative estimate of drug-likeness (QED) is 0.337. The molecule has 1 aromatic heterocycles. The number of nitrogens with zero attached hydrogens (tertiary/aromatic N) is 2. The summed E-state index contributed by atoms with van der Waals surface area (Å²) in [5.74, 6) is 3.46. The number of hydrogen-bond acceptors (Lipinski definition) is 8. The summed E-state index contributed by atoms with van der Waals surface area (Å²) in [6.07, 6.45) is 7.40. The molecular weight excluding hydrogens is 572 g/mol. The molecule has 2 aliphatic rings. The van der Waals surface area contributed by atoms with E-state index in [9.17, 15) is 14.4 Å². The first-order valence-electron chi connectivity index (χ1n) is 14.6. The minimum absolute atomic E-state index is 0.264. The molecule has 2 heterocycles. The molecule has 2 aromatic rings. The third-order valence-electron chi connectivity index (χ3n) is 7.04. The number of aromatic nitrogens is 1. The van der Waals surface area contributed by atoms with Crippen molar-refractivity contribution in [2.45, 2.75) is 77.1 Å². The van der Waals surface area contributed by atoms with Crippen LogP contribution in [0, 0.1) is 5.92 Å². The van der Waals surface area contributed by atoms with E-state index in [1.807, 2.05) is 36.4 Å². The van der Waals surface area contributed by atoms with Crippen molar-refractivity contribution in [3.8, 4) is 11.6 Å². The SMILES string of the molecule is CC(C)(C)OC(=O)N1CSCC1C(=O)NC(CSCC1CCCCC1)C(=O)NCc1ccc(Oc2ccccc2)nc1. The van der Waals surface area contributed by atoms with E-state index in [-0.39, 0.29) is 18.4 Å². The van der Waals surface area contributed by atoms with Crippen LogP contribution in [-0.4, -0.2) is 68.6 Å². The second kappa shape index (κ2) is 15.5. The number of nitrogens with one attached hydrogen (secondary N) is 2. The zero-order valence-corrected chi connectivity index (χ0v) is 26.3. The summed E-state index contributed by atoms with van der Waals surface area (Å²) >= 11 is 3.20. The number of rotatable bonds is 11. The number of carbonyl (C=O) groups excluding carboxylic acids is 3. The van der Waals surface area contributed by atoms with Crippen molar-refractivity contribution in [3.63, 3.8) is 0 Å². The number of amides is 3. The van der Waals surface area contributed by atoms with Crippen LogP contribution in [0.2, 0.25) is 0 Å². The third kappa shape index (κ3) is 10.1. The van der Waals surface area contributed by atoms with E-state index in [2.05, 4.69) is 15.6 Å². The Balaban J connectivity index is 1.35. The Kier molecular flexibility index (Phi) is 11.8. The Morgan fingerprint density at radius 1 is 1.10 bits per heavy atom. The Morgan fingerprint density at radius 3 is 2.55 bits per heavy atom. The molecule has 2 atom stereocenters. The smallest absolute Gasteiger partial charge is 0.411 e. The first kappa shape index (κ1) is 32.0. The lowest BCUT2D eigenvalue weighted by Gasteiger charge is -2.28. The molecule has 11 heteroatoms. The molecule has 3 amide bonds. The van der Waals surface area contributed by atoms with Crippen LogP contribution in [0.5, 0.6) is 11.6 Å².